The second-order valence-corrected chi connectivity index (χ2v) is 13.9. The third kappa shape index (κ3) is 6.18. The highest BCUT2D eigenvalue weighted by molar-refractivity contribution is 7.92. The van der Waals surface area contributed by atoms with Crippen molar-refractivity contribution >= 4 is 44.0 Å². The van der Waals surface area contributed by atoms with Crippen LogP contribution in [0.25, 0.3) is 11.0 Å². The van der Waals surface area contributed by atoms with Gasteiger partial charge < -0.3 is 25.3 Å². The molecule has 218 valence electrons. The van der Waals surface area contributed by atoms with Crippen molar-refractivity contribution in [1.82, 2.24) is 19.9 Å². The number of hydrogen-bond acceptors (Lipinski definition) is 8. The highest BCUT2D eigenvalue weighted by Crippen LogP contribution is 2.38. The first-order valence-corrected chi connectivity index (χ1v) is 15.8. The van der Waals surface area contributed by atoms with E-state index >= 15 is 0 Å². The lowest BCUT2D eigenvalue weighted by atomic mass is 9.87. The van der Waals surface area contributed by atoms with Crippen molar-refractivity contribution in [3.8, 4) is 5.75 Å². The smallest absolute Gasteiger partial charge is 0.231 e. The average molecular weight is 577 g/mol. The van der Waals surface area contributed by atoms with Crippen LogP contribution < -0.4 is 15.4 Å². The number of aryl methyl sites for hydroxylation is 1. The molecule has 1 aliphatic heterocycles. The lowest BCUT2D eigenvalue weighted by Gasteiger charge is -2.31. The van der Waals surface area contributed by atoms with Crippen LogP contribution in [-0.4, -0.2) is 59.8 Å². The van der Waals surface area contributed by atoms with Crippen molar-refractivity contribution in [3.63, 3.8) is 0 Å². The Morgan fingerprint density at radius 3 is 2.56 bits per heavy atom. The van der Waals surface area contributed by atoms with Crippen molar-refractivity contribution in [2.45, 2.75) is 69.6 Å². The van der Waals surface area contributed by atoms with E-state index in [1.54, 1.807) is 44.3 Å². The minimum absolute atomic E-state index is 0.0106. The summed E-state index contributed by atoms with van der Waals surface area (Å²) >= 11 is 0. The summed E-state index contributed by atoms with van der Waals surface area (Å²) in [5.74, 6) is 2.08. The van der Waals surface area contributed by atoms with Gasteiger partial charge in [-0.05, 0) is 108 Å². The Morgan fingerprint density at radius 1 is 1.05 bits per heavy atom. The summed E-state index contributed by atoms with van der Waals surface area (Å²) in [6, 6.07) is 13.1. The minimum atomic E-state index is -3.51. The van der Waals surface area contributed by atoms with E-state index in [1.807, 2.05) is 19.9 Å². The van der Waals surface area contributed by atoms with Gasteiger partial charge in [0.2, 0.25) is 5.95 Å². The number of piperidine rings is 1. The lowest BCUT2D eigenvalue weighted by Crippen LogP contribution is -2.31. The first-order valence-electron chi connectivity index (χ1n) is 14.2. The van der Waals surface area contributed by atoms with Crippen LogP contribution in [0, 0.1) is 6.92 Å². The standard InChI is InChI=1S/C31H40N6O3S/c1-19(2)40-27-17-24(22-10-9-15-37(6)18-22)21(5)16-26(27)34-31-35-29-23(13-14-32-29)30(36-31)33-25-11-7-8-12-28(25)41(38,39)20(3)4/h7-8,11-14,16-17,19-20,22H,9-10,15,18H2,1-6H3,(H3,32,33,34,35,36)/t22-/m0/s1. The molecule has 2 aromatic carbocycles. The summed E-state index contributed by atoms with van der Waals surface area (Å²) in [5, 5.41) is 6.86. The number of sulfone groups is 1. The maximum Gasteiger partial charge on any atom is 0.231 e. The number of likely N-dealkylation sites (tertiary alicyclic amines) is 1. The van der Waals surface area contributed by atoms with Gasteiger partial charge in [-0.15, -0.1) is 0 Å². The zero-order chi connectivity index (χ0) is 29.3. The van der Waals surface area contributed by atoms with Crippen LogP contribution in [0.3, 0.4) is 0 Å². The predicted octanol–water partition coefficient (Wildman–Crippen LogP) is 6.53. The summed E-state index contributed by atoms with van der Waals surface area (Å²) in [5.41, 5.74) is 4.37. The second-order valence-electron chi connectivity index (χ2n) is 11.4. The van der Waals surface area contributed by atoms with Crippen LogP contribution in [0.15, 0.2) is 53.6 Å². The summed E-state index contributed by atoms with van der Waals surface area (Å²) in [4.78, 5) is 15.3. The number of aromatic nitrogens is 3. The number of hydrogen-bond donors (Lipinski definition) is 3. The minimum Gasteiger partial charge on any atom is -0.489 e. The van der Waals surface area contributed by atoms with Gasteiger partial charge in [0, 0.05) is 12.7 Å². The van der Waals surface area contributed by atoms with Crippen LogP contribution in [0.1, 0.15) is 57.6 Å². The van der Waals surface area contributed by atoms with E-state index in [0.717, 1.165) is 36.3 Å². The average Bonchev–Trinajstić information content (AvgIpc) is 3.39. The van der Waals surface area contributed by atoms with Crippen molar-refractivity contribution < 1.29 is 13.2 Å². The number of likely N-dealkylation sites (N-methyl/N-ethyl adjacent to an activating group) is 1. The summed E-state index contributed by atoms with van der Waals surface area (Å²) in [7, 11) is -1.33. The largest absolute Gasteiger partial charge is 0.489 e. The van der Waals surface area contributed by atoms with E-state index in [9.17, 15) is 8.42 Å². The molecule has 1 atom stereocenters. The maximum absolute atomic E-state index is 13.1. The van der Waals surface area contributed by atoms with Crippen molar-refractivity contribution in [2.24, 2.45) is 0 Å². The molecular formula is C31H40N6O3S. The molecular weight excluding hydrogens is 536 g/mol. The van der Waals surface area contributed by atoms with Crippen LogP contribution >= 0.6 is 0 Å². The van der Waals surface area contributed by atoms with Crippen LogP contribution in [0.5, 0.6) is 5.75 Å². The number of anilines is 4. The molecule has 5 rings (SSSR count). The lowest BCUT2D eigenvalue weighted by molar-refractivity contribution is 0.239. The summed E-state index contributed by atoms with van der Waals surface area (Å²) < 4.78 is 32.4. The number of nitrogens with one attached hydrogen (secondary N) is 3. The molecule has 0 unspecified atom stereocenters. The molecule has 0 saturated carbocycles. The highest BCUT2D eigenvalue weighted by atomic mass is 32.2. The van der Waals surface area contributed by atoms with Crippen LogP contribution in [0.2, 0.25) is 0 Å². The Balaban J connectivity index is 1.53. The van der Waals surface area contributed by atoms with E-state index in [4.69, 9.17) is 14.7 Å². The quantitative estimate of drug-likeness (QED) is 0.206. The summed E-state index contributed by atoms with van der Waals surface area (Å²) in [6.07, 6.45) is 4.12. The van der Waals surface area contributed by atoms with Crippen molar-refractivity contribution in [3.05, 3.63) is 59.8 Å². The molecule has 9 nitrogen and oxygen atoms in total. The highest BCUT2D eigenvalue weighted by Gasteiger charge is 2.25. The normalized spacial score (nSPS) is 16.4. The van der Waals surface area contributed by atoms with Gasteiger partial charge in [0.25, 0.3) is 0 Å². The number of nitrogens with zero attached hydrogens (tertiary/aromatic N) is 3. The molecule has 2 aromatic heterocycles. The fraction of sp³-hybridized carbons (Fsp3) is 0.419. The SMILES string of the molecule is Cc1cc(Nc2nc(Nc3ccccc3S(=O)(=O)C(C)C)c3cc[nH]c3n2)c(OC(C)C)cc1[C@H]1CCCN(C)C1. The molecule has 0 aliphatic carbocycles. The van der Waals surface area contributed by atoms with E-state index in [-0.39, 0.29) is 11.0 Å². The van der Waals surface area contributed by atoms with Gasteiger partial charge in [0.15, 0.2) is 9.84 Å². The number of aromatic amines is 1. The van der Waals surface area contributed by atoms with E-state index in [1.165, 1.54) is 17.5 Å². The zero-order valence-corrected chi connectivity index (χ0v) is 25.5. The number of H-pyrrole nitrogens is 1. The van der Waals surface area contributed by atoms with Crippen molar-refractivity contribution in [2.75, 3.05) is 30.8 Å². The molecule has 41 heavy (non-hydrogen) atoms. The Labute approximate surface area is 242 Å². The van der Waals surface area contributed by atoms with Gasteiger partial charge in [-0.3, -0.25) is 0 Å². The van der Waals surface area contributed by atoms with Gasteiger partial charge >= 0.3 is 0 Å². The molecule has 1 fully saturated rings. The van der Waals surface area contributed by atoms with E-state index in [0.29, 0.717) is 29.0 Å². The predicted molar refractivity (Wildman–Crippen MR) is 166 cm³/mol. The van der Waals surface area contributed by atoms with Gasteiger partial charge in [-0.1, -0.05) is 12.1 Å². The van der Waals surface area contributed by atoms with Gasteiger partial charge in [0.05, 0.1) is 33.0 Å². The molecule has 1 aliphatic rings. The fourth-order valence-electron chi connectivity index (χ4n) is 5.43. The number of ether oxygens (including phenoxy) is 1. The van der Waals surface area contributed by atoms with Crippen molar-refractivity contribution in [1.29, 1.82) is 0 Å². The molecule has 3 N–H and O–H groups in total. The topological polar surface area (TPSA) is 112 Å². The molecule has 0 bridgehead atoms. The first kappa shape index (κ1) is 28.9. The second kappa shape index (κ2) is 11.7. The fourth-order valence-corrected chi connectivity index (χ4v) is 6.63. The third-order valence-corrected chi connectivity index (χ3v) is 9.73. The van der Waals surface area contributed by atoms with E-state index < -0.39 is 15.1 Å². The van der Waals surface area contributed by atoms with Gasteiger partial charge in [-0.2, -0.15) is 9.97 Å². The molecule has 0 spiro atoms. The number of fused-ring (bicyclic) bond motifs is 1. The number of rotatable bonds is 9. The Morgan fingerprint density at radius 2 is 1.83 bits per heavy atom. The van der Waals surface area contributed by atoms with Crippen LogP contribution in [0.4, 0.5) is 23.1 Å². The zero-order valence-electron chi connectivity index (χ0n) is 24.7. The Kier molecular flexibility index (Phi) is 8.24. The molecule has 3 heterocycles. The molecule has 0 radical (unpaired) electrons. The monoisotopic (exact) mass is 576 g/mol. The number of benzene rings is 2. The Hall–Kier alpha value is -3.63. The Bertz CT molecular complexity index is 1650. The number of para-hydroxylation sites is 1. The van der Waals surface area contributed by atoms with E-state index in [2.05, 4.69) is 46.6 Å². The van der Waals surface area contributed by atoms with Gasteiger partial charge in [-0.25, -0.2) is 8.42 Å². The maximum atomic E-state index is 13.1. The summed E-state index contributed by atoms with van der Waals surface area (Å²) in [6.45, 7) is 11.7. The molecule has 0 amide bonds. The van der Waals surface area contributed by atoms with Crippen LogP contribution in [-0.2, 0) is 9.84 Å². The van der Waals surface area contributed by atoms with Gasteiger partial charge in [0.1, 0.15) is 17.2 Å². The first-order chi connectivity index (χ1) is 19.5. The third-order valence-electron chi connectivity index (χ3n) is 7.52. The molecule has 10 heteroatoms. The molecule has 4 aromatic rings. The molecule has 1 saturated heterocycles.